The highest BCUT2D eigenvalue weighted by Gasteiger charge is 2.33. The smallest absolute Gasteiger partial charge is 0.274 e. The van der Waals surface area contributed by atoms with E-state index in [4.69, 9.17) is 0 Å². The minimum atomic E-state index is -0.433. The number of benzene rings is 1. The molecular weight excluding hydrogens is 418 g/mol. The van der Waals surface area contributed by atoms with Gasteiger partial charge in [0.2, 0.25) is 5.91 Å². The Morgan fingerprint density at radius 3 is 2.70 bits per heavy atom. The van der Waals surface area contributed by atoms with Crippen LogP contribution in [0.2, 0.25) is 0 Å². The molecule has 1 aliphatic rings. The highest BCUT2D eigenvalue weighted by molar-refractivity contribution is 5.93. The van der Waals surface area contributed by atoms with Crippen LogP contribution >= 0.6 is 0 Å². The lowest BCUT2D eigenvalue weighted by Crippen LogP contribution is -2.38. The van der Waals surface area contributed by atoms with Gasteiger partial charge in [0.1, 0.15) is 5.69 Å². The first-order valence-corrected chi connectivity index (χ1v) is 10.8. The standard InChI is InChI=1S/C25H25N5O3/c1-2-12-29-13-14-30(25(33)22-9-10-23(31)28-27-22)17-20(24(29)32)15-18-6-3-4-8-21(18)19-7-5-11-26-16-19/h2-11,16,20H,1,12-15,17H2,(H,28,31)/t20-/m1/s1. The van der Waals surface area contributed by atoms with Crippen molar-refractivity contribution in [2.45, 2.75) is 6.42 Å². The van der Waals surface area contributed by atoms with Gasteiger partial charge in [0, 0.05) is 50.2 Å². The third-order valence-corrected chi connectivity index (χ3v) is 5.73. The van der Waals surface area contributed by atoms with Crippen molar-refractivity contribution in [2.24, 2.45) is 5.92 Å². The molecule has 1 saturated heterocycles. The summed E-state index contributed by atoms with van der Waals surface area (Å²) < 4.78 is 0. The lowest BCUT2D eigenvalue weighted by Gasteiger charge is -2.24. The van der Waals surface area contributed by atoms with Gasteiger partial charge in [-0.1, -0.05) is 36.4 Å². The monoisotopic (exact) mass is 443 g/mol. The molecule has 0 aliphatic carbocycles. The fraction of sp³-hybridized carbons (Fsp3) is 0.240. The molecule has 0 bridgehead atoms. The molecular formula is C25H25N5O3. The van der Waals surface area contributed by atoms with E-state index in [0.29, 0.717) is 26.1 Å². The summed E-state index contributed by atoms with van der Waals surface area (Å²) in [7, 11) is 0. The normalized spacial score (nSPS) is 16.4. The summed E-state index contributed by atoms with van der Waals surface area (Å²) in [6.45, 7) is 5.22. The summed E-state index contributed by atoms with van der Waals surface area (Å²) in [4.78, 5) is 45.4. The largest absolute Gasteiger partial charge is 0.337 e. The number of H-pyrrole nitrogens is 1. The molecule has 3 heterocycles. The van der Waals surface area contributed by atoms with Gasteiger partial charge in [-0.2, -0.15) is 5.10 Å². The van der Waals surface area contributed by atoms with E-state index in [1.54, 1.807) is 28.3 Å². The Hall–Kier alpha value is -4.07. The minimum absolute atomic E-state index is 0.0133. The number of hydrogen-bond donors (Lipinski definition) is 1. The lowest BCUT2D eigenvalue weighted by atomic mass is 9.91. The van der Waals surface area contributed by atoms with E-state index in [2.05, 4.69) is 21.8 Å². The zero-order chi connectivity index (χ0) is 23.2. The number of amides is 2. The first-order chi connectivity index (χ1) is 16.1. The van der Waals surface area contributed by atoms with Gasteiger partial charge in [0.15, 0.2) is 0 Å². The second-order valence-electron chi connectivity index (χ2n) is 7.93. The average molecular weight is 444 g/mol. The van der Waals surface area contributed by atoms with Crippen LogP contribution in [0.5, 0.6) is 0 Å². The average Bonchev–Trinajstić information content (AvgIpc) is 2.99. The van der Waals surface area contributed by atoms with E-state index < -0.39 is 5.92 Å². The van der Waals surface area contributed by atoms with Crippen LogP contribution in [0.1, 0.15) is 16.1 Å². The summed E-state index contributed by atoms with van der Waals surface area (Å²) >= 11 is 0. The number of aromatic amines is 1. The van der Waals surface area contributed by atoms with Crippen LogP contribution in [-0.4, -0.2) is 63.0 Å². The van der Waals surface area contributed by atoms with Crippen LogP contribution in [0.15, 0.2) is 78.4 Å². The fourth-order valence-electron chi connectivity index (χ4n) is 4.11. The van der Waals surface area contributed by atoms with Crippen LogP contribution in [-0.2, 0) is 11.2 Å². The molecule has 2 aromatic heterocycles. The fourth-order valence-corrected chi connectivity index (χ4v) is 4.11. The molecule has 33 heavy (non-hydrogen) atoms. The number of carbonyl (C=O) groups excluding carboxylic acids is 2. The Bertz CT molecular complexity index is 1190. The van der Waals surface area contributed by atoms with E-state index >= 15 is 0 Å². The Labute approximate surface area is 191 Å². The van der Waals surface area contributed by atoms with Gasteiger partial charge in [-0.25, -0.2) is 5.10 Å². The molecule has 8 heteroatoms. The second kappa shape index (κ2) is 10.0. The van der Waals surface area contributed by atoms with Crippen molar-refractivity contribution in [3.63, 3.8) is 0 Å². The van der Waals surface area contributed by atoms with Crippen LogP contribution < -0.4 is 5.56 Å². The summed E-state index contributed by atoms with van der Waals surface area (Å²) in [6, 6.07) is 14.5. The van der Waals surface area contributed by atoms with Gasteiger partial charge in [-0.3, -0.25) is 19.4 Å². The summed E-state index contributed by atoms with van der Waals surface area (Å²) in [6.07, 6.45) is 5.69. The SMILES string of the molecule is C=CCN1CCN(C(=O)c2ccc(=O)[nH]n2)C[C@@H](Cc2ccccc2-c2cccnc2)C1=O. The number of nitrogens with one attached hydrogen (secondary N) is 1. The van der Waals surface area contributed by atoms with E-state index in [1.165, 1.54) is 12.1 Å². The van der Waals surface area contributed by atoms with Crippen molar-refractivity contribution in [1.29, 1.82) is 0 Å². The summed E-state index contributed by atoms with van der Waals surface area (Å²) in [5.74, 6) is -0.761. The van der Waals surface area contributed by atoms with E-state index in [9.17, 15) is 14.4 Å². The summed E-state index contributed by atoms with van der Waals surface area (Å²) in [5.41, 5.74) is 2.77. The van der Waals surface area contributed by atoms with Crippen molar-refractivity contribution in [3.05, 3.63) is 95.2 Å². The first-order valence-electron chi connectivity index (χ1n) is 10.8. The molecule has 1 atom stereocenters. The van der Waals surface area contributed by atoms with Crippen molar-refractivity contribution >= 4 is 11.8 Å². The van der Waals surface area contributed by atoms with Gasteiger partial charge < -0.3 is 9.80 Å². The van der Waals surface area contributed by atoms with Crippen molar-refractivity contribution in [2.75, 3.05) is 26.2 Å². The third-order valence-electron chi connectivity index (χ3n) is 5.73. The molecule has 3 aromatic rings. The second-order valence-corrected chi connectivity index (χ2v) is 7.93. The van der Waals surface area contributed by atoms with Gasteiger partial charge in [0.05, 0.1) is 5.92 Å². The number of aromatic nitrogens is 3. The van der Waals surface area contributed by atoms with Gasteiger partial charge in [-0.15, -0.1) is 6.58 Å². The quantitative estimate of drug-likeness (QED) is 0.589. The predicted octanol–water partition coefficient (Wildman–Crippen LogP) is 2.16. The predicted molar refractivity (Wildman–Crippen MR) is 124 cm³/mol. The summed E-state index contributed by atoms with van der Waals surface area (Å²) in [5, 5.41) is 6.17. The van der Waals surface area contributed by atoms with Crippen LogP contribution in [0.4, 0.5) is 0 Å². The molecule has 8 nitrogen and oxygen atoms in total. The number of pyridine rings is 1. The van der Waals surface area contributed by atoms with Crippen LogP contribution in [0, 0.1) is 5.92 Å². The Morgan fingerprint density at radius 1 is 1.12 bits per heavy atom. The third kappa shape index (κ3) is 5.06. The number of carbonyl (C=O) groups is 2. The number of rotatable bonds is 6. The highest BCUT2D eigenvalue weighted by Crippen LogP contribution is 2.27. The molecule has 0 unspecified atom stereocenters. The Morgan fingerprint density at radius 2 is 1.97 bits per heavy atom. The zero-order valence-corrected chi connectivity index (χ0v) is 18.2. The molecule has 4 rings (SSSR count). The Kier molecular flexibility index (Phi) is 6.73. The van der Waals surface area contributed by atoms with E-state index in [0.717, 1.165) is 16.7 Å². The maximum atomic E-state index is 13.4. The van der Waals surface area contributed by atoms with Gasteiger partial charge in [0.25, 0.3) is 11.5 Å². The number of hydrogen-bond acceptors (Lipinski definition) is 5. The molecule has 0 spiro atoms. The molecule has 2 amide bonds. The van der Waals surface area contributed by atoms with Gasteiger partial charge >= 0.3 is 0 Å². The van der Waals surface area contributed by atoms with E-state index in [-0.39, 0.29) is 29.6 Å². The van der Waals surface area contributed by atoms with Crippen molar-refractivity contribution in [1.82, 2.24) is 25.0 Å². The van der Waals surface area contributed by atoms with Crippen molar-refractivity contribution < 1.29 is 9.59 Å². The highest BCUT2D eigenvalue weighted by atomic mass is 16.2. The number of nitrogens with zero attached hydrogens (tertiary/aromatic N) is 4. The maximum absolute atomic E-state index is 13.4. The minimum Gasteiger partial charge on any atom is -0.337 e. The topological polar surface area (TPSA) is 99.3 Å². The van der Waals surface area contributed by atoms with E-state index in [1.807, 2.05) is 36.4 Å². The molecule has 1 fully saturated rings. The maximum Gasteiger partial charge on any atom is 0.274 e. The molecule has 1 aromatic carbocycles. The van der Waals surface area contributed by atoms with Crippen molar-refractivity contribution in [3.8, 4) is 11.1 Å². The Balaban J connectivity index is 1.64. The van der Waals surface area contributed by atoms with Gasteiger partial charge in [-0.05, 0) is 29.7 Å². The van der Waals surface area contributed by atoms with Crippen LogP contribution in [0.3, 0.4) is 0 Å². The molecule has 0 saturated carbocycles. The first kappa shape index (κ1) is 22.1. The lowest BCUT2D eigenvalue weighted by molar-refractivity contribution is -0.134. The molecule has 168 valence electrons. The van der Waals surface area contributed by atoms with Crippen LogP contribution in [0.25, 0.3) is 11.1 Å². The molecule has 1 aliphatic heterocycles. The molecule has 0 radical (unpaired) electrons. The zero-order valence-electron chi connectivity index (χ0n) is 18.2. The molecule has 1 N–H and O–H groups in total.